The molecule has 0 unspecified atom stereocenters. The number of amides is 1. The average molecular weight is 178 g/mol. The van der Waals surface area contributed by atoms with Crippen LogP contribution in [0.1, 0.15) is 0 Å². The van der Waals surface area contributed by atoms with Crippen LogP contribution >= 0.6 is 0 Å². The van der Waals surface area contributed by atoms with Crippen molar-refractivity contribution >= 4 is 11.6 Å². The monoisotopic (exact) mass is 178 g/mol. The molecule has 5 nitrogen and oxygen atoms in total. The molecule has 0 spiro atoms. The van der Waals surface area contributed by atoms with Crippen molar-refractivity contribution in [3.05, 3.63) is 36.8 Å². The number of nitrogens with one attached hydrogen (secondary N) is 2. The standard InChI is InChI=1S/C8H10N4O/c9-4-3-8(13)12-11-7-2-1-5-10-6-7/h1-6,11H,9H2,(H,12,13)/b4-3-. The Morgan fingerprint density at radius 2 is 2.46 bits per heavy atom. The third-order valence-electron chi connectivity index (χ3n) is 1.24. The van der Waals surface area contributed by atoms with Crippen LogP contribution in [0.5, 0.6) is 0 Å². The Bertz CT molecular complexity index is 296. The number of anilines is 1. The van der Waals surface area contributed by atoms with Crippen molar-refractivity contribution in [2.45, 2.75) is 0 Å². The summed E-state index contributed by atoms with van der Waals surface area (Å²) in [6.45, 7) is 0. The lowest BCUT2D eigenvalue weighted by Crippen LogP contribution is -2.27. The Morgan fingerprint density at radius 1 is 1.62 bits per heavy atom. The molecule has 68 valence electrons. The van der Waals surface area contributed by atoms with E-state index in [2.05, 4.69) is 15.8 Å². The molecule has 0 atom stereocenters. The number of hydrogen-bond donors (Lipinski definition) is 3. The molecule has 0 radical (unpaired) electrons. The summed E-state index contributed by atoms with van der Waals surface area (Å²) >= 11 is 0. The largest absolute Gasteiger partial charge is 0.404 e. The molecule has 1 heterocycles. The summed E-state index contributed by atoms with van der Waals surface area (Å²) in [5.41, 5.74) is 10.8. The molecule has 0 saturated carbocycles. The van der Waals surface area contributed by atoms with E-state index in [0.717, 1.165) is 0 Å². The number of aromatic nitrogens is 1. The van der Waals surface area contributed by atoms with Crippen molar-refractivity contribution in [1.82, 2.24) is 10.4 Å². The molecule has 0 bridgehead atoms. The summed E-state index contributed by atoms with van der Waals surface area (Å²) in [6, 6.07) is 3.53. The van der Waals surface area contributed by atoms with Crippen molar-refractivity contribution in [3.8, 4) is 0 Å². The van der Waals surface area contributed by atoms with Gasteiger partial charge in [-0.3, -0.25) is 20.6 Å². The SMILES string of the molecule is N/C=C\C(=O)NNc1cccnc1. The summed E-state index contributed by atoms with van der Waals surface area (Å²) in [5, 5.41) is 0. The van der Waals surface area contributed by atoms with Gasteiger partial charge in [-0.15, -0.1) is 0 Å². The van der Waals surface area contributed by atoms with Gasteiger partial charge < -0.3 is 5.73 Å². The smallest absolute Gasteiger partial charge is 0.263 e. The zero-order valence-electron chi connectivity index (χ0n) is 6.90. The van der Waals surface area contributed by atoms with Gasteiger partial charge in [-0.25, -0.2) is 0 Å². The van der Waals surface area contributed by atoms with Crippen molar-refractivity contribution in [2.24, 2.45) is 5.73 Å². The minimum Gasteiger partial charge on any atom is -0.404 e. The van der Waals surface area contributed by atoms with Gasteiger partial charge in [0, 0.05) is 12.3 Å². The van der Waals surface area contributed by atoms with Gasteiger partial charge in [0.05, 0.1) is 11.9 Å². The lowest BCUT2D eigenvalue weighted by atomic mass is 10.4. The number of nitrogens with two attached hydrogens (primary N) is 1. The average Bonchev–Trinajstić information content (AvgIpc) is 2.17. The van der Waals surface area contributed by atoms with Crippen molar-refractivity contribution in [3.63, 3.8) is 0 Å². The number of hydrazine groups is 1. The number of rotatable bonds is 3. The van der Waals surface area contributed by atoms with Crippen LogP contribution in [0.4, 0.5) is 5.69 Å². The van der Waals surface area contributed by atoms with Gasteiger partial charge >= 0.3 is 0 Å². The first-order valence-electron chi connectivity index (χ1n) is 3.67. The van der Waals surface area contributed by atoms with Crippen LogP contribution in [0.3, 0.4) is 0 Å². The van der Waals surface area contributed by atoms with Crippen LogP contribution in [-0.2, 0) is 4.79 Å². The summed E-state index contributed by atoms with van der Waals surface area (Å²) in [4.78, 5) is 14.7. The number of carbonyl (C=O) groups is 1. The van der Waals surface area contributed by atoms with Crippen molar-refractivity contribution in [2.75, 3.05) is 5.43 Å². The first kappa shape index (κ1) is 9.05. The lowest BCUT2D eigenvalue weighted by Gasteiger charge is -2.04. The second-order valence-electron chi connectivity index (χ2n) is 2.22. The molecular weight excluding hydrogens is 168 g/mol. The fourth-order valence-electron chi connectivity index (χ4n) is 0.700. The Labute approximate surface area is 75.6 Å². The zero-order valence-corrected chi connectivity index (χ0v) is 6.90. The fourth-order valence-corrected chi connectivity index (χ4v) is 0.700. The third kappa shape index (κ3) is 3.24. The van der Waals surface area contributed by atoms with Gasteiger partial charge in [0.15, 0.2) is 0 Å². The van der Waals surface area contributed by atoms with E-state index in [-0.39, 0.29) is 5.91 Å². The zero-order chi connectivity index (χ0) is 9.52. The van der Waals surface area contributed by atoms with Crippen LogP contribution in [0.15, 0.2) is 36.8 Å². The van der Waals surface area contributed by atoms with E-state index in [0.29, 0.717) is 5.69 Å². The van der Waals surface area contributed by atoms with Gasteiger partial charge in [0.1, 0.15) is 0 Å². The van der Waals surface area contributed by atoms with Gasteiger partial charge in [0.2, 0.25) is 0 Å². The molecule has 0 aliphatic rings. The molecule has 0 aromatic carbocycles. The highest BCUT2D eigenvalue weighted by atomic mass is 16.2. The predicted octanol–water partition coefficient (Wildman–Crippen LogP) is -0.00290. The number of nitrogens with zero attached hydrogens (tertiary/aromatic N) is 1. The maximum absolute atomic E-state index is 10.9. The Balaban J connectivity index is 2.40. The first-order valence-corrected chi connectivity index (χ1v) is 3.67. The molecule has 0 saturated heterocycles. The summed E-state index contributed by atoms with van der Waals surface area (Å²) in [6.07, 6.45) is 5.61. The topological polar surface area (TPSA) is 80.0 Å². The molecule has 1 rings (SSSR count). The summed E-state index contributed by atoms with van der Waals surface area (Å²) < 4.78 is 0. The first-order chi connectivity index (χ1) is 6.33. The molecule has 4 N–H and O–H groups in total. The van der Waals surface area contributed by atoms with Gasteiger partial charge in [-0.05, 0) is 18.3 Å². The van der Waals surface area contributed by atoms with Gasteiger partial charge in [0.25, 0.3) is 5.91 Å². The molecule has 5 heteroatoms. The molecule has 0 aliphatic carbocycles. The third-order valence-corrected chi connectivity index (χ3v) is 1.24. The van der Waals surface area contributed by atoms with Crippen LogP contribution in [0.2, 0.25) is 0 Å². The van der Waals surface area contributed by atoms with Crippen molar-refractivity contribution in [1.29, 1.82) is 0 Å². The molecule has 13 heavy (non-hydrogen) atoms. The van der Waals surface area contributed by atoms with Crippen LogP contribution < -0.4 is 16.6 Å². The Kier molecular flexibility index (Phi) is 3.31. The quantitative estimate of drug-likeness (QED) is 0.449. The molecule has 1 aromatic rings. The van der Waals surface area contributed by atoms with E-state index in [1.165, 1.54) is 12.3 Å². The maximum Gasteiger partial charge on any atom is 0.263 e. The van der Waals surface area contributed by atoms with E-state index in [1.807, 2.05) is 0 Å². The number of carbonyl (C=O) groups excluding carboxylic acids is 1. The van der Waals surface area contributed by atoms with E-state index >= 15 is 0 Å². The number of pyridine rings is 1. The van der Waals surface area contributed by atoms with Crippen LogP contribution in [0, 0.1) is 0 Å². The second kappa shape index (κ2) is 4.76. The van der Waals surface area contributed by atoms with E-state index in [1.54, 1.807) is 24.5 Å². The summed E-state index contributed by atoms with van der Waals surface area (Å²) in [5.74, 6) is -0.314. The van der Waals surface area contributed by atoms with Crippen LogP contribution in [0.25, 0.3) is 0 Å². The normalized spacial score (nSPS) is 9.85. The summed E-state index contributed by atoms with van der Waals surface area (Å²) in [7, 11) is 0. The van der Waals surface area contributed by atoms with Gasteiger partial charge in [-0.2, -0.15) is 0 Å². The molecule has 1 amide bonds. The Hall–Kier alpha value is -2.04. The number of hydrogen-bond acceptors (Lipinski definition) is 4. The second-order valence-corrected chi connectivity index (χ2v) is 2.22. The van der Waals surface area contributed by atoms with Gasteiger partial charge in [-0.1, -0.05) is 0 Å². The molecule has 1 aromatic heterocycles. The van der Waals surface area contributed by atoms with Crippen LogP contribution in [-0.4, -0.2) is 10.9 Å². The maximum atomic E-state index is 10.9. The lowest BCUT2D eigenvalue weighted by molar-refractivity contribution is -0.116. The minimum atomic E-state index is -0.314. The van der Waals surface area contributed by atoms with E-state index < -0.39 is 0 Å². The van der Waals surface area contributed by atoms with Crippen molar-refractivity contribution < 1.29 is 4.79 Å². The van der Waals surface area contributed by atoms with E-state index in [9.17, 15) is 4.79 Å². The molecule has 0 fully saturated rings. The predicted molar refractivity (Wildman–Crippen MR) is 49.3 cm³/mol. The fraction of sp³-hybridized carbons (Fsp3) is 0. The minimum absolute atomic E-state index is 0.314. The molecule has 0 aliphatic heterocycles. The highest BCUT2D eigenvalue weighted by Crippen LogP contribution is 1.99. The molecular formula is C8H10N4O. The highest BCUT2D eigenvalue weighted by Gasteiger charge is 1.92. The Morgan fingerprint density at radius 3 is 3.08 bits per heavy atom. The van der Waals surface area contributed by atoms with E-state index in [4.69, 9.17) is 5.73 Å². The highest BCUT2D eigenvalue weighted by molar-refractivity contribution is 5.88.